The molecule has 3 rings (SSSR count). The van der Waals surface area contributed by atoms with Gasteiger partial charge in [-0.3, -0.25) is 0 Å². The quantitative estimate of drug-likeness (QED) is 0.542. The number of halogens is 1. The van der Waals surface area contributed by atoms with Crippen molar-refractivity contribution in [1.29, 1.82) is 0 Å². The Bertz CT molecular complexity index is 645. The van der Waals surface area contributed by atoms with Gasteiger partial charge in [-0.2, -0.15) is 0 Å². The molecular formula is C20H21FNO. The Morgan fingerprint density at radius 2 is 1.83 bits per heavy atom. The van der Waals surface area contributed by atoms with Gasteiger partial charge in [-0.25, -0.2) is 4.39 Å². The predicted octanol–water partition coefficient (Wildman–Crippen LogP) is 5.30. The van der Waals surface area contributed by atoms with Gasteiger partial charge in [-0.05, 0) is 48.1 Å². The molecule has 1 aliphatic carbocycles. The Hall–Kier alpha value is -2.16. The molecule has 0 saturated heterocycles. The molecule has 2 nitrogen and oxygen atoms in total. The molecule has 0 N–H and O–H groups in total. The van der Waals surface area contributed by atoms with Crippen LogP contribution in [-0.4, -0.2) is 6.21 Å². The lowest BCUT2D eigenvalue weighted by Crippen LogP contribution is -2.04. The van der Waals surface area contributed by atoms with Gasteiger partial charge in [0.05, 0.1) is 0 Å². The summed E-state index contributed by atoms with van der Waals surface area (Å²) in [7, 11) is 0. The molecular weight excluding hydrogens is 289 g/mol. The summed E-state index contributed by atoms with van der Waals surface area (Å²) in [5, 5.41) is 3.90. The van der Waals surface area contributed by atoms with E-state index in [2.05, 4.69) is 29.6 Å². The summed E-state index contributed by atoms with van der Waals surface area (Å²) in [6.45, 7) is 0.315. The van der Waals surface area contributed by atoms with Gasteiger partial charge in [0.2, 0.25) is 0 Å². The summed E-state index contributed by atoms with van der Waals surface area (Å²) in [4.78, 5) is 5.24. The highest BCUT2D eigenvalue weighted by Crippen LogP contribution is 2.32. The van der Waals surface area contributed by atoms with E-state index in [1.807, 2.05) is 6.07 Å². The number of hydrogen-bond donors (Lipinski definition) is 0. The molecule has 0 heterocycles. The summed E-state index contributed by atoms with van der Waals surface area (Å²) in [5.41, 5.74) is 3.20. The van der Waals surface area contributed by atoms with Gasteiger partial charge in [-0.1, -0.05) is 54.8 Å². The molecule has 0 aliphatic heterocycles. The summed E-state index contributed by atoms with van der Waals surface area (Å²) in [6.07, 6.45) is 9.51. The second-order valence-corrected chi connectivity index (χ2v) is 6.06. The van der Waals surface area contributed by atoms with Crippen molar-refractivity contribution in [1.82, 2.24) is 0 Å². The highest BCUT2D eigenvalue weighted by molar-refractivity contribution is 5.79. The molecule has 1 saturated carbocycles. The molecule has 0 aromatic heterocycles. The smallest absolute Gasteiger partial charge is 0.142 e. The second kappa shape index (κ2) is 7.91. The van der Waals surface area contributed by atoms with Gasteiger partial charge in [0.15, 0.2) is 0 Å². The Morgan fingerprint density at radius 3 is 2.61 bits per heavy atom. The molecule has 119 valence electrons. The average Bonchev–Trinajstić information content (AvgIpc) is 2.61. The van der Waals surface area contributed by atoms with E-state index in [1.165, 1.54) is 49.8 Å². The fourth-order valence-corrected chi connectivity index (χ4v) is 3.07. The standard InChI is InChI=1S/C20H21FNO/c21-20-11-9-16(10-12-20)15-23-22-14-17-5-4-8-19(13-17)18-6-2-1-3-7-18/h4-5,8-13,18H,1-3,6-7,15H2. The molecule has 1 fully saturated rings. The predicted molar refractivity (Wildman–Crippen MR) is 90.0 cm³/mol. The van der Waals surface area contributed by atoms with E-state index in [0.717, 1.165) is 11.1 Å². The minimum atomic E-state index is -0.247. The lowest BCUT2D eigenvalue weighted by molar-refractivity contribution is 0.132. The van der Waals surface area contributed by atoms with Crippen LogP contribution < -0.4 is 0 Å². The zero-order valence-electron chi connectivity index (χ0n) is 13.2. The first-order valence-corrected chi connectivity index (χ1v) is 8.24. The van der Waals surface area contributed by atoms with Crippen molar-refractivity contribution in [3.8, 4) is 0 Å². The van der Waals surface area contributed by atoms with Gasteiger partial charge in [0, 0.05) is 5.56 Å². The van der Waals surface area contributed by atoms with Crippen molar-refractivity contribution >= 4 is 6.21 Å². The zero-order chi connectivity index (χ0) is 15.9. The van der Waals surface area contributed by atoms with Crippen LogP contribution in [0.3, 0.4) is 0 Å². The fourth-order valence-electron chi connectivity index (χ4n) is 3.07. The molecule has 0 unspecified atom stereocenters. The summed E-state index contributed by atoms with van der Waals surface area (Å²) in [5.74, 6) is 0.425. The molecule has 2 aromatic carbocycles. The van der Waals surface area contributed by atoms with Gasteiger partial charge < -0.3 is 4.84 Å². The minimum Gasteiger partial charge on any atom is -0.390 e. The van der Waals surface area contributed by atoms with Gasteiger partial charge >= 0.3 is 0 Å². The van der Waals surface area contributed by atoms with Crippen LogP contribution in [0.4, 0.5) is 4.39 Å². The topological polar surface area (TPSA) is 21.6 Å². The third-order valence-electron chi connectivity index (χ3n) is 4.35. The number of hydrogen-bond acceptors (Lipinski definition) is 2. The first-order valence-electron chi connectivity index (χ1n) is 8.24. The average molecular weight is 310 g/mol. The third-order valence-corrected chi connectivity index (χ3v) is 4.35. The van der Waals surface area contributed by atoms with Gasteiger partial charge in [-0.15, -0.1) is 0 Å². The normalized spacial score (nSPS) is 15.9. The number of nitrogens with zero attached hydrogens (tertiary/aromatic N) is 1. The highest BCUT2D eigenvalue weighted by atomic mass is 19.1. The van der Waals surface area contributed by atoms with Crippen LogP contribution in [0.25, 0.3) is 0 Å². The van der Waals surface area contributed by atoms with Crippen LogP contribution >= 0.6 is 0 Å². The Morgan fingerprint density at radius 1 is 1.04 bits per heavy atom. The Kier molecular flexibility index (Phi) is 5.41. The van der Waals surface area contributed by atoms with E-state index >= 15 is 0 Å². The molecule has 23 heavy (non-hydrogen) atoms. The van der Waals surface area contributed by atoms with Crippen molar-refractivity contribution in [2.24, 2.45) is 5.16 Å². The van der Waals surface area contributed by atoms with Crippen molar-refractivity contribution in [2.45, 2.75) is 44.6 Å². The second-order valence-electron chi connectivity index (χ2n) is 6.06. The van der Waals surface area contributed by atoms with Gasteiger partial charge in [0.1, 0.15) is 18.6 Å². The first-order chi connectivity index (χ1) is 11.3. The van der Waals surface area contributed by atoms with Crippen molar-refractivity contribution < 1.29 is 9.23 Å². The molecule has 0 bridgehead atoms. The van der Waals surface area contributed by atoms with Crippen LogP contribution in [0.5, 0.6) is 0 Å². The van der Waals surface area contributed by atoms with Crippen LogP contribution in [-0.2, 0) is 11.4 Å². The fraction of sp³-hybridized carbons (Fsp3) is 0.350. The zero-order valence-corrected chi connectivity index (χ0v) is 13.2. The SMILES string of the molecule is Fc1ccc(CO/N=[C]\c2cccc(C3CCCCC3)c2)cc1. The summed E-state index contributed by atoms with van der Waals surface area (Å²) in [6, 6.07) is 14.6. The number of benzene rings is 2. The van der Waals surface area contributed by atoms with E-state index < -0.39 is 0 Å². The maximum Gasteiger partial charge on any atom is 0.142 e. The van der Waals surface area contributed by atoms with E-state index in [4.69, 9.17) is 4.84 Å². The lowest BCUT2D eigenvalue weighted by Gasteiger charge is -2.22. The minimum absolute atomic E-state index is 0.247. The third kappa shape index (κ3) is 4.65. The Labute approximate surface area is 137 Å². The first kappa shape index (κ1) is 15.7. The van der Waals surface area contributed by atoms with Crippen LogP contribution in [0, 0.1) is 5.82 Å². The maximum absolute atomic E-state index is 12.8. The molecule has 0 atom stereocenters. The van der Waals surface area contributed by atoms with E-state index in [9.17, 15) is 4.39 Å². The summed E-state index contributed by atoms with van der Waals surface area (Å²) < 4.78 is 12.8. The highest BCUT2D eigenvalue weighted by Gasteiger charge is 2.15. The monoisotopic (exact) mass is 310 g/mol. The Balaban J connectivity index is 1.55. The molecule has 0 spiro atoms. The molecule has 0 amide bonds. The van der Waals surface area contributed by atoms with Crippen LogP contribution in [0.15, 0.2) is 53.7 Å². The van der Waals surface area contributed by atoms with E-state index in [0.29, 0.717) is 12.5 Å². The number of rotatable bonds is 5. The van der Waals surface area contributed by atoms with Crippen LogP contribution in [0.2, 0.25) is 0 Å². The molecule has 1 aliphatic rings. The largest absolute Gasteiger partial charge is 0.390 e. The molecule has 1 radical (unpaired) electrons. The van der Waals surface area contributed by atoms with Crippen molar-refractivity contribution in [2.75, 3.05) is 0 Å². The van der Waals surface area contributed by atoms with E-state index in [1.54, 1.807) is 12.1 Å². The van der Waals surface area contributed by atoms with Crippen molar-refractivity contribution in [3.05, 3.63) is 71.0 Å². The van der Waals surface area contributed by atoms with Crippen LogP contribution in [0.1, 0.15) is 54.7 Å². The molecule has 2 aromatic rings. The van der Waals surface area contributed by atoms with Crippen molar-refractivity contribution in [3.63, 3.8) is 0 Å². The molecule has 3 heteroatoms. The maximum atomic E-state index is 12.8. The van der Waals surface area contributed by atoms with E-state index in [-0.39, 0.29) is 5.82 Å². The summed E-state index contributed by atoms with van der Waals surface area (Å²) >= 11 is 0. The van der Waals surface area contributed by atoms with Gasteiger partial charge in [0.25, 0.3) is 0 Å². The lowest BCUT2D eigenvalue weighted by atomic mass is 9.84.